The van der Waals surface area contributed by atoms with Gasteiger partial charge in [-0.1, -0.05) is 18.0 Å². The fourth-order valence-corrected chi connectivity index (χ4v) is 4.62. The number of rotatable bonds is 6. The van der Waals surface area contributed by atoms with Crippen molar-refractivity contribution < 1.29 is 13.7 Å². The molecule has 1 N–H and O–H groups in total. The largest absolute Gasteiger partial charge is 0.353 e. The number of nitrogens with zero attached hydrogens (tertiary/aromatic N) is 5. The minimum atomic E-state index is -0.403. The quantitative estimate of drug-likeness (QED) is 0.446. The van der Waals surface area contributed by atoms with E-state index in [0.717, 1.165) is 36.6 Å². The van der Waals surface area contributed by atoms with Crippen LogP contribution in [-0.2, 0) is 6.42 Å². The molecule has 0 saturated heterocycles. The Morgan fingerprint density at radius 3 is 2.97 bits per heavy atom. The van der Waals surface area contributed by atoms with Crippen molar-refractivity contribution in [2.75, 3.05) is 0 Å². The first-order valence-corrected chi connectivity index (χ1v) is 10.8. The molecule has 0 radical (unpaired) electrons. The molecule has 1 saturated carbocycles. The molecule has 1 fully saturated rings. The zero-order valence-electron chi connectivity index (χ0n) is 17.7. The van der Waals surface area contributed by atoms with E-state index in [9.17, 15) is 9.18 Å². The van der Waals surface area contributed by atoms with Gasteiger partial charge in [-0.05, 0) is 38.0 Å². The summed E-state index contributed by atoms with van der Waals surface area (Å²) >= 11 is 0. The van der Waals surface area contributed by atoms with Crippen LogP contribution in [0.25, 0.3) is 22.4 Å². The SMILES string of the molecule is Cc1cc(C(=O)C[C@H]2CCC[C@@H](Cc3nc(-c4c[nH]c5ncncc45)ncc3F)C2)on1. The van der Waals surface area contributed by atoms with Gasteiger partial charge in [-0.3, -0.25) is 4.79 Å². The second-order valence-electron chi connectivity index (χ2n) is 8.54. The molecule has 2 atom stereocenters. The Bertz CT molecular complexity index is 1270. The summed E-state index contributed by atoms with van der Waals surface area (Å²) in [5.74, 6) is 0.862. The maximum atomic E-state index is 14.6. The Morgan fingerprint density at radius 1 is 1.25 bits per heavy atom. The number of halogens is 1. The first kappa shape index (κ1) is 20.4. The third kappa shape index (κ3) is 4.15. The van der Waals surface area contributed by atoms with Crippen LogP contribution in [0.5, 0.6) is 0 Å². The summed E-state index contributed by atoms with van der Waals surface area (Å²) in [6, 6.07) is 1.68. The van der Waals surface area contributed by atoms with Crippen LogP contribution in [-0.4, -0.2) is 35.9 Å². The summed E-state index contributed by atoms with van der Waals surface area (Å²) in [6.45, 7) is 1.80. The van der Waals surface area contributed by atoms with Crippen LogP contribution in [0.4, 0.5) is 4.39 Å². The zero-order valence-corrected chi connectivity index (χ0v) is 17.7. The highest BCUT2D eigenvalue weighted by molar-refractivity contribution is 5.93. The molecule has 0 aliphatic heterocycles. The van der Waals surface area contributed by atoms with E-state index >= 15 is 0 Å². The van der Waals surface area contributed by atoms with Gasteiger partial charge in [0.1, 0.15) is 12.0 Å². The van der Waals surface area contributed by atoms with Crippen LogP contribution >= 0.6 is 0 Å². The molecule has 164 valence electrons. The number of aryl methyl sites for hydroxylation is 1. The highest BCUT2D eigenvalue weighted by Crippen LogP contribution is 2.34. The molecule has 0 aromatic carbocycles. The topological polar surface area (TPSA) is 110 Å². The van der Waals surface area contributed by atoms with Crippen LogP contribution in [0.15, 0.2) is 35.5 Å². The van der Waals surface area contributed by atoms with Crippen LogP contribution in [0.2, 0.25) is 0 Å². The summed E-state index contributed by atoms with van der Waals surface area (Å²) in [6.07, 6.45) is 11.0. The number of nitrogens with one attached hydrogen (secondary N) is 1. The summed E-state index contributed by atoms with van der Waals surface area (Å²) < 4.78 is 19.7. The van der Waals surface area contributed by atoms with E-state index in [4.69, 9.17) is 4.52 Å². The molecule has 0 bridgehead atoms. The van der Waals surface area contributed by atoms with Crippen LogP contribution in [0.1, 0.15) is 54.0 Å². The van der Waals surface area contributed by atoms with E-state index in [-0.39, 0.29) is 17.6 Å². The van der Waals surface area contributed by atoms with Crippen molar-refractivity contribution in [3.63, 3.8) is 0 Å². The van der Waals surface area contributed by atoms with Crippen molar-refractivity contribution >= 4 is 16.8 Å². The number of aromatic nitrogens is 6. The van der Waals surface area contributed by atoms with Crippen molar-refractivity contribution in [2.24, 2.45) is 11.8 Å². The predicted molar refractivity (Wildman–Crippen MR) is 114 cm³/mol. The van der Waals surface area contributed by atoms with Gasteiger partial charge in [0.25, 0.3) is 0 Å². The number of carbonyl (C=O) groups excluding carboxylic acids is 1. The summed E-state index contributed by atoms with van der Waals surface area (Å²) in [7, 11) is 0. The minimum Gasteiger partial charge on any atom is -0.353 e. The number of H-pyrrole nitrogens is 1. The lowest BCUT2D eigenvalue weighted by molar-refractivity contribution is 0.0903. The summed E-state index contributed by atoms with van der Waals surface area (Å²) in [4.78, 5) is 32.6. The molecule has 32 heavy (non-hydrogen) atoms. The molecule has 9 heteroatoms. The smallest absolute Gasteiger partial charge is 0.202 e. The summed E-state index contributed by atoms with van der Waals surface area (Å²) in [5.41, 5.74) is 2.54. The third-order valence-electron chi connectivity index (χ3n) is 6.16. The van der Waals surface area contributed by atoms with E-state index in [0.29, 0.717) is 41.5 Å². The Labute approximate surface area is 183 Å². The van der Waals surface area contributed by atoms with Gasteiger partial charge < -0.3 is 9.51 Å². The van der Waals surface area contributed by atoms with Gasteiger partial charge in [-0.2, -0.15) is 0 Å². The molecule has 0 amide bonds. The molecule has 1 aliphatic rings. The lowest BCUT2D eigenvalue weighted by Crippen LogP contribution is -2.21. The van der Waals surface area contributed by atoms with Crippen molar-refractivity contribution in [1.29, 1.82) is 0 Å². The molecule has 4 aromatic heterocycles. The van der Waals surface area contributed by atoms with E-state index < -0.39 is 5.82 Å². The predicted octanol–water partition coefficient (Wildman–Crippen LogP) is 4.47. The zero-order chi connectivity index (χ0) is 22.1. The number of ketones is 1. The van der Waals surface area contributed by atoms with Gasteiger partial charge in [-0.25, -0.2) is 24.3 Å². The average Bonchev–Trinajstić information content (AvgIpc) is 3.42. The lowest BCUT2D eigenvalue weighted by atomic mass is 9.77. The van der Waals surface area contributed by atoms with Gasteiger partial charge in [-0.15, -0.1) is 0 Å². The molecule has 4 aromatic rings. The molecule has 5 rings (SSSR count). The standard InChI is InChI=1S/C23H23FN6O2/c1-13-5-21(32-30-13)20(31)8-15-4-2-3-14(6-15)7-19-18(24)11-27-23(29-19)17-10-26-22-16(17)9-25-12-28-22/h5,9-12,14-15H,2-4,6-8H2,1H3,(H,25,26,28)/t14-,15+/m1/s1. The molecular weight excluding hydrogens is 411 g/mol. The third-order valence-corrected chi connectivity index (χ3v) is 6.16. The Hall–Kier alpha value is -3.49. The molecule has 1 aliphatic carbocycles. The minimum absolute atomic E-state index is 0.0201. The first-order valence-electron chi connectivity index (χ1n) is 10.8. The molecule has 0 spiro atoms. The number of aromatic amines is 1. The van der Waals surface area contributed by atoms with Gasteiger partial charge in [0, 0.05) is 35.8 Å². The number of carbonyl (C=O) groups is 1. The average molecular weight is 434 g/mol. The van der Waals surface area contributed by atoms with Crippen molar-refractivity contribution in [2.45, 2.75) is 45.4 Å². The fraction of sp³-hybridized carbons (Fsp3) is 0.391. The van der Waals surface area contributed by atoms with Crippen LogP contribution in [0, 0.1) is 24.6 Å². The molecule has 0 unspecified atom stereocenters. The number of hydrogen-bond acceptors (Lipinski definition) is 7. The van der Waals surface area contributed by atoms with Crippen molar-refractivity contribution in [3.05, 3.63) is 53.9 Å². The van der Waals surface area contributed by atoms with Crippen molar-refractivity contribution in [1.82, 2.24) is 30.1 Å². The molecule has 4 heterocycles. The van der Waals surface area contributed by atoms with Gasteiger partial charge in [0.05, 0.1) is 17.6 Å². The van der Waals surface area contributed by atoms with E-state index in [1.165, 1.54) is 12.5 Å². The highest BCUT2D eigenvalue weighted by Gasteiger charge is 2.27. The van der Waals surface area contributed by atoms with Crippen molar-refractivity contribution in [3.8, 4) is 11.4 Å². The maximum absolute atomic E-state index is 14.6. The van der Waals surface area contributed by atoms with Gasteiger partial charge in [0.2, 0.25) is 11.5 Å². The summed E-state index contributed by atoms with van der Waals surface area (Å²) in [5, 5.41) is 4.59. The first-order chi connectivity index (χ1) is 15.6. The number of hydrogen-bond donors (Lipinski definition) is 1. The number of Topliss-reactive ketones (excluding diaryl/α,β-unsaturated/α-hetero) is 1. The van der Waals surface area contributed by atoms with E-state index in [2.05, 4.69) is 30.1 Å². The fourth-order valence-electron chi connectivity index (χ4n) is 4.62. The van der Waals surface area contributed by atoms with Crippen LogP contribution < -0.4 is 0 Å². The van der Waals surface area contributed by atoms with E-state index in [1.807, 2.05) is 0 Å². The number of fused-ring (bicyclic) bond motifs is 1. The maximum Gasteiger partial charge on any atom is 0.202 e. The van der Waals surface area contributed by atoms with E-state index in [1.54, 1.807) is 25.4 Å². The Morgan fingerprint density at radius 2 is 2.12 bits per heavy atom. The monoisotopic (exact) mass is 434 g/mol. The van der Waals surface area contributed by atoms with Crippen LogP contribution in [0.3, 0.4) is 0 Å². The molecular formula is C23H23FN6O2. The lowest BCUT2D eigenvalue weighted by Gasteiger charge is -2.28. The molecule has 8 nitrogen and oxygen atoms in total. The second kappa shape index (κ2) is 8.57. The Balaban J connectivity index is 1.30. The normalized spacial score (nSPS) is 18.8. The Kier molecular flexibility index (Phi) is 5.46. The van der Waals surface area contributed by atoms with Gasteiger partial charge >= 0.3 is 0 Å². The second-order valence-corrected chi connectivity index (χ2v) is 8.54. The highest BCUT2D eigenvalue weighted by atomic mass is 19.1. The van der Waals surface area contributed by atoms with Gasteiger partial charge in [0.15, 0.2) is 11.6 Å².